The van der Waals surface area contributed by atoms with Crippen LogP contribution in [0.3, 0.4) is 0 Å². The summed E-state index contributed by atoms with van der Waals surface area (Å²) < 4.78 is 0. The summed E-state index contributed by atoms with van der Waals surface area (Å²) in [5.41, 5.74) is 6.25. The molecule has 5 heteroatoms. The Kier molecular flexibility index (Phi) is 4.80. The molecule has 0 radical (unpaired) electrons. The van der Waals surface area contributed by atoms with Crippen molar-refractivity contribution in [1.29, 1.82) is 0 Å². The molecule has 0 bridgehead atoms. The van der Waals surface area contributed by atoms with Crippen molar-refractivity contribution in [2.45, 2.75) is 17.4 Å². The lowest BCUT2D eigenvalue weighted by molar-refractivity contribution is -0.122. The molecule has 3 nitrogen and oxygen atoms in total. The number of nitrogens with one attached hydrogen (secondary N) is 1. The molecule has 2 rings (SSSR count). The van der Waals surface area contributed by atoms with Crippen molar-refractivity contribution in [2.24, 2.45) is 5.73 Å². The van der Waals surface area contributed by atoms with Gasteiger partial charge in [-0.15, -0.1) is 11.8 Å². The molecule has 110 valence electrons. The lowest BCUT2D eigenvalue weighted by Gasteiger charge is -2.29. The maximum atomic E-state index is 12.0. The summed E-state index contributed by atoms with van der Waals surface area (Å²) in [5, 5.41) is 3.84. The molecule has 0 aromatic heterocycles. The number of primary amides is 1. The molecular formula is C16H17ClN2OS. The van der Waals surface area contributed by atoms with Crippen LogP contribution in [0.4, 0.5) is 5.69 Å². The van der Waals surface area contributed by atoms with Crippen LogP contribution in [-0.4, -0.2) is 12.2 Å². The maximum absolute atomic E-state index is 12.0. The number of nitrogens with two attached hydrogens (primary N) is 1. The van der Waals surface area contributed by atoms with Gasteiger partial charge in [0.2, 0.25) is 5.91 Å². The summed E-state index contributed by atoms with van der Waals surface area (Å²) in [4.78, 5) is 13.1. The first-order valence-corrected chi connectivity index (χ1v) is 8.04. The standard InChI is InChI=1S/C16H17ClN2OS/c1-16(15(18)20,11-3-9-14(21-2)10-4-11)19-13-7-5-12(17)6-8-13/h3-10,19H,1-2H3,(H2,18,20). The van der Waals surface area contributed by atoms with Gasteiger partial charge in [-0.2, -0.15) is 0 Å². The first-order valence-electron chi connectivity index (χ1n) is 6.44. The molecule has 2 aromatic carbocycles. The second-order valence-corrected chi connectivity index (χ2v) is 6.17. The van der Waals surface area contributed by atoms with E-state index in [0.29, 0.717) is 5.02 Å². The average Bonchev–Trinajstić information content (AvgIpc) is 2.49. The van der Waals surface area contributed by atoms with Crippen molar-refractivity contribution in [3.8, 4) is 0 Å². The van der Waals surface area contributed by atoms with Gasteiger partial charge in [0.05, 0.1) is 0 Å². The molecule has 0 aliphatic rings. The Morgan fingerprint density at radius 3 is 2.19 bits per heavy atom. The Bertz CT molecular complexity index is 628. The first-order chi connectivity index (χ1) is 9.95. The van der Waals surface area contributed by atoms with Gasteiger partial charge >= 0.3 is 0 Å². The predicted molar refractivity (Wildman–Crippen MR) is 89.8 cm³/mol. The molecule has 0 spiro atoms. The van der Waals surface area contributed by atoms with Crippen LogP contribution in [0.15, 0.2) is 53.4 Å². The van der Waals surface area contributed by atoms with E-state index in [1.807, 2.05) is 42.7 Å². The van der Waals surface area contributed by atoms with Crippen molar-refractivity contribution >= 4 is 35.0 Å². The van der Waals surface area contributed by atoms with E-state index in [4.69, 9.17) is 17.3 Å². The van der Waals surface area contributed by atoms with Crippen LogP contribution < -0.4 is 11.1 Å². The topological polar surface area (TPSA) is 55.1 Å². The minimum atomic E-state index is -0.981. The van der Waals surface area contributed by atoms with Crippen molar-refractivity contribution in [2.75, 3.05) is 11.6 Å². The number of carbonyl (C=O) groups excluding carboxylic acids is 1. The molecule has 0 saturated carbocycles. The molecule has 0 fully saturated rings. The lowest BCUT2D eigenvalue weighted by Crippen LogP contribution is -2.45. The highest BCUT2D eigenvalue weighted by molar-refractivity contribution is 7.98. The van der Waals surface area contributed by atoms with Crippen LogP contribution in [-0.2, 0) is 10.3 Å². The summed E-state index contributed by atoms with van der Waals surface area (Å²) in [6, 6.07) is 15.0. The maximum Gasteiger partial charge on any atom is 0.247 e. The Hall–Kier alpha value is -1.65. The van der Waals surface area contributed by atoms with E-state index in [2.05, 4.69) is 5.32 Å². The zero-order valence-electron chi connectivity index (χ0n) is 11.9. The van der Waals surface area contributed by atoms with Gasteiger partial charge in [-0.25, -0.2) is 0 Å². The van der Waals surface area contributed by atoms with E-state index < -0.39 is 11.4 Å². The zero-order chi connectivity index (χ0) is 15.5. The fraction of sp³-hybridized carbons (Fsp3) is 0.188. The Morgan fingerprint density at radius 2 is 1.71 bits per heavy atom. The fourth-order valence-electron chi connectivity index (χ4n) is 2.02. The van der Waals surface area contributed by atoms with E-state index in [1.165, 1.54) is 0 Å². The van der Waals surface area contributed by atoms with E-state index in [0.717, 1.165) is 16.1 Å². The Balaban J connectivity index is 2.34. The van der Waals surface area contributed by atoms with Gasteiger partial charge in [0.15, 0.2) is 0 Å². The highest BCUT2D eigenvalue weighted by atomic mass is 35.5. The summed E-state index contributed by atoms with van der Waals surface area (Å²) >= 11 is 7.52. The van der Waals surface area contributed by atoms with Gasteiger partial charge in [0.1, 0.15) is 5.54 Å². The van der Waals surface area contributed by atoms with Crippen molar-refractivity contribution in [3.63, 3.8) is 0 Å². The number of hydrogen-bond donors (Lipinski definition) is 2. The summed E-state index contributed by atoms with van der Waals surface area (Å²) in [6.45, 7) is 1.78. The zero-order valence-corrected chi connectivity index (χ0v) is 13.5. The van der Waals surface area contributed by atoms with Crippen molar-refractivity contribution < 1.29 is 4.79 Å². The third kappa shape index (κ3) is 3.52. The largest absolute Gasteiger partial charge is 0.368 e. The van der Waals surface area contributed by atoms with Gasteiger partial charge in [-0.1, -0.05) is 23.7 Å². The van der Waals surface area contributed by atoms with Crippen LogP contribution in [0.5, 0.6) is 0 Å². The molecule has 1 unspecified atom stereocenters. The number of amides is 1. The van der Waals surface area contributed by atoms with Gasteiger partial charge in [-0.3, -0.25) is 4.79 Å². The second kappa shape index (κ2) is 6.41. The van der Waals surface area contributed by atoms with Gasteiger partial charge < -0.3 is 11.1 Å². The third-order valence-electron chi connectivity index (χ3n) is 3.40. The number of hydrogen-bond acceptors (Lipinski definition) is 3. The SMILES string of the molecule is CSc1ccc(C(C)(Nc2ccc(Cl)cc2)C(N)=O)cc1. The van der Waals surface area contributed by atoms with Gasteiger partial charge in [0.25, 0.3) is 0 Å². The fourth-order valence-corrected chi connectivity index (χ4v) is 2.56. The number of halogens is 1. The quantitative estimate of drug-likeness (QED) is 0.822. The molecule has 1 amide bonds. The number of benzene rings is 2. The normalized spacial score (nSPS) is 13.5. The van der Waals surface area contributed by atoms with E-state index >= 15 is 0 Å². The van der Waals surface area contributed by atoms with E-state index in [-0.39, 0.29) is 0 Å². The highest BCUT2D eigenvalue weighted by Gasteiger charge is 2.33. The van der Waals surface area contributed by atoms with E-state index in [1.54, 1.807) is 30.8 Å². The molecule has 0 heterocycles. The molecular weight excluding hydrogens is 304 g/mol. The van der Waals surface area contributed by atoms with Crippen LogP contribution in [0.25, 0.3) is 0 Å². The molecule has 0 saturated heterocycles. The predicted octanol–water partition coefficient (Wildman–Crippen LogP) is 3.87. The minimum Gasteiger partial charge on any atom is -0.368 e. The smallest absolute Gasteiger partial charge is 0.247 e. The highest BCUT2D eigenvalue weighted by Crippen LogP contribution is 2.28. The molecule has 2 aromatic rings. The third-order valence-corrected chi connectivity index (χ3v) is 4.39. The van der Waals surface area contributed by atoms with Crippen molar-refractivity contribution in [1.82, 2.24) is 0 Å². The van der Waals surface area contributed by atoms with E-state index in [9.17, 15) is 4.79 Å². The summed E-state index contributed by atoms with van der Waals surface area (Å²) in [5.74, 6) is -0.436. The molecule has 0 aliphatic carbocycles. The Morgan fingerprint density at radius 1 is 1.14 bits per heavy atom. The monoisotopic (exact) mass is 320 g/mol. The molecule has 21 heavy (non-hydrogen) atoms. The van der Waals surface area contributed by atoms with Crippen LogP contribution >= 0.6 is 23.4 Å². The summed E-state index contributed by atoms with van der Waals surface area (Å²) in [7, 11) is 0. The summed E-state index contributed by atoms with van der Waals surface area (Å²) in [6.07, 6.45) is 2.01. The number of anilines is 1. The Labute approximate surface area is 133 Å². The van der Waals surface area contributed by atoms with Crippen LogP contribution in [0.2, 0.25) is 5.02 Å². The first kappa shape index (κ1) is 15.7. The average molecular weight is 321 g/mol. The lowest BCUT2D eigenvalue weighted by atomic mass is 9.91. The van der Waals surface area contributed by atoms with Crippen molar-refractivity contribution in [3.05, 3.63) is 59.1 Å². The number of carbonyl (C=O) groups is 1. The van der Waals surface area contributed by atoms with Gasteiger partial charge in [-0.05, 0) is 55.1 Å². The molecule has 0 aliphatic heterocycles. The minimum absolute atomic E-state index is 0.436. The van der Waals surface area contributed by atoms with Gasteiger partial charge in [0, 0.05) is 15.6 Å². The van der Waals surface area contributed by atoms with Crippen LogP contribution in [0, 0.1) is 0 Å². The van der Waals surface area contributed by atoms with Crippen LogP contribution in [0.1, 0.15) is 12.5 Å². The second-order valence-electron chi connectivity index (χ2n) is 4.85. The number of thioether (sulfide) groups is 1. The molecule has 3 N–H and O–H groups in total. The number of rotatable bonds is 5. The molecule has 1 atom stereocenters.